The highest BCUT2D eigenvalue weighted by atomic mass is 35.5. The van der Waals surface area contributed by atoms with Crippen molar-refractivity contribution in [2.45, 2.75) is 39.1 Å². The molecule has 0 spiro atoms. The molecule has 0 radical (unpaired) electrons. The van der Waals surface area contributed by atoms with Crippen LogP contribution in [0.3, 0.4) is 0 Å². The number of para-hydroxylation sites is 1. The van der Waals surface area contributed by atoms with E-state index in [1.54, 1.807) is 17.2 Å². The highest BCUT2D eigenvalue weighted by Gasteiger charge is 2.38. The number of ether oxygens (including phenoxy) is 2. The van der Waals surface area contributed by atoms with Gasteiger partial charge in [0.2, 0.25) is 5.91 Å². The summed E-state index contributed by atoms with van der Waals surface area (Å²) in [5.74, 6) is -0.540. The third kappa shape index (κ3) is 5.34. The largest absolute Gasteiger partial charge is 0.573 e. The molecule has 14 heteroatoms. The summed E-state index contributed by atoms with van der Waals surface area (Å²) in [6.45, 7) is 10.2. The lowest BCUT2D eigenvalue weighted by atomic mass is 10.0. The lowest BCUT2D eigenvalue weighted by molar-refractivity contribution is -0.274. The molecule has 2 aliphatic rings. The van der Waals surface area contributed by atoms with Gasteiger partial charge in [0, 0.05) is 31.4 Å². The highest BCUT2D eigenvalue weighted by Crippen LogP contribution is 2.47. The van der Waals surface area contributed by atoms with Crippen molar-refractivity contribution in [3.05, 3.63) is 75.9 Å². The standard InChI is InChI=1S/C31H28ClF3N6O4/c1-5-21(42)39-12-13-40-18(14-39)15-44-27-22-28(40)38-30(43)41(26-17(4)10-11-36-24(26)16(2)3)29(22)37-25(23(27)32)19-8-6-7-9-20(19)45-31(33,34)35/h5-11,16,18H,1,12-15H2,2-4H3/t18-/m0/s1. The van der Waals surface area contributed by atoms with Crippen LogP contribution >= 0.6 is 11.6 Å². The van der Waals surface area contributed by atoms with Gasteiger partial charge in [-0.2, -0.15) is 4.98 Å². The molecule has 0 bridgehead atoms. The van der Waals surface area contributed by atoms with Crippen molar-refractivity contribution in [1.82, 2.24) is 24.4 Å². The van der Waals surface area contributed by atoms with Crippen molar-refractivity contribution in [2.24, 2.45) is 0 Å². The minimum atomic E-state index is -4.99. The van der Waals surface area contributed by atoms with Gasteiger partial charge in [0.1, 0.15) is 28.6 Å². The molecule has 0 unspecified atom stereocenters. The van der Waals surface area contributed by atoms with E-state index < -0.39 is 23.8 Å². The van der Waals surface area contributed by atoms with Crippen molar-refractivity contribution in [3.63, 3.8) is 0 Å². The number of fused-ring (bicyclic) bond motifs is 2. The number of amides is 1. The van der Waals surface area contributed by atoms with Gasteiger partial charge in [-0.25, -0.2) is 14.3 Å². The first-order chi connectivity index (χ1) is 21.4. The summed E-state index contributed by atoms with van der Waals surface area (Å²) < 4.78 is 52.3. The average Bonchev–Trinajstić information content (AvgIpc) is 3.15. The molecule has 234 valence electrons. The second-order valence-corrected chi connectivity index (χ2v) is 11.4. The highest BCUT2D eigenvalue weighted by molar-refractivity contribution is 6.36. The van der Waals surface area contributed by atoms with Crippen LogP contribution in [0, 0.1) is 6.92 Å². The van der Waals surface area contributed by atoms with Gasteiger partial charge in [-0.15, -0.1) is 13.2 Å². The van der Waals surface area contributed by atoms with Gasteiger partial charge in [0.15, 0.2) is 11.4 Å². The maximum absolute atomic E-state index is 14.1. The van der Waals surface area contributed by atoms with Gasteiger partial charge in [-0.3, -0.25) is 9.78 Å². The van der Waals surface area contributed by atoms with E-state index in [2.05, 4.69) is 21.3 Å². The Hall–Kier alpha value is -4.65. The number of halogens is 4. The lowest BCUT2D eigenvalue weighted by Gasteiger charge is -2.40. The third-order valence-corrected chi connectivity index (χ3v) is 8.21. The number of hydrogen-bond acceptors (Lipinski definition) is 8. The van der Waals surface area contributed by atoms with E-state index >= 15 is 0 Å². The SMILES string of the molecule is C=CC(=O)N1CCN2c3nc(=O)n(-c4c(C)ccnc4C(C)C)c4nc(-c5ccccc5OC(F)(F)F)c(Cl)c(c34)OC[C@@H]2C1. The molecule has 4 aromatic rings. The molecular weight excluding hydrogens is 613 g/mol. The summed E-state index contributed by atoms with van der Waals surface area (Å²) in [5.41, 5.74) is 1.01. The van der Waals surface area contributed by atoms with E-state index in [1.807, 2.05) is 25.7 Å². The van der Waals surface area contributed by atoms with Gasteiger partial charge in [-0.1, -0.05) is 44.2 Å². The zero-order valence-electron chi connectivity index (χ0n) is 24.6. The molecule has 45 heavy (non-hydrogen) atoms. The summed E-state index contributed by atoms with van der Waals surface area (Å²) in [4.78, 5) is 43.9. The van der Waals surface area contributed by atoms with Gasteiger partial charge in [-0.05, 0) is 42.7 Å². The summed E-state index contributed by atoms with van der Waals surface area (Å²) in [5, 5.41) is 0.223. The van der Waals surface area contributed by atoms with E-state index in [-0.39, 0.29) is 58.5 Å². The van der Waals surface area contributed by atoms with Gasteiger partial charge in [0.25, 0.3) is 0 Å². The normalized spacial score (nSPS) is 16.3. The van der Waals surface area contributed by atoms with Crippen LogP contribution < -0.4 is 20.1 Å². The zero-order chi connectivity index (χ0) is 32.2. The Labute approximate surface area is 260 Å². The van der Waals surface area contributed by atoms with E-state index in [9.17, 15) is 22.8 Å². The first-order valence-corrected chi connectivity index (χ1v) is 14.6. The molecule has 0 aliphatic carbocycles. The predicted octanol–water partition coefficient (Wildman–Crippen LogP) is 5.42. The summed E-state index contributed by atoms with van der Waals surface area (Å²) in [6.07, 6.45) is -2.12. The van der Waals surface area contributed by atoms with Crippen molar-refractivity contribution >= 4 is 34.4 Å². The van der Waals surface area contributed by atoms with Crippen LogP contribution in [0.15, 0.2) is 54.0 Å². The fourth-order valence-electron chi connectivity index (χ4n) is 5.85. The molecule has 1 fully saturated rings. The van der Waals surface area contributed by atoms with Crippen LogP contribution in [-0.4, -0.2) is 69.0 Å². The Kier molecular flexibility index (Phi) is 7.67. The quantitative estimate of drug-likeness (QED) is 0.267. The summed E-state index contributed by atoms with van der Waals surface area (Å²) >= 11 is 6.95. The van der Waals surface area contributed by atoms with Gasteiger partial charge >= 0.3 is 12.1 Å². The number of alkyl halides is 3. The molecule has 1 saturated heterocycles. The maximum Gasteiger partial charge on any atom is 0.573 e. The smallest absolute Gasteiger partial charge is 0.489 e. The van der Waals surface area contributed by atoms with Gasteiger partial charge < -0.3 is 19.3 Å². The number of hydrogen-bond donors (Lipinski definition) is 0. The van der Waals surface area contributed by atoms with Crippen LogP contribution in [0.2, 0.25) is 5.02 Å². The number of carbonyl (C=O) groups excluding carboxylic acids is 1. The van der Waals surface area contributed by atoms with E-state index in [0.717, 1.165) is 6.07 Å². The molecule has 0 saturated carbocycles. The number of benzene rings is 1. The minimum absolute atomic E-state index is 0.0353. The molecule has 10 nitrogen and oxygen atoms in total. The predicted molar refractivity (Wildman–Crippen MR) is 162 cm³/mol. The minimum Gasteiger partial charge on any atom is -0.489 e. The first kappa shape index (κ1) is 30.4. The Morgan fingerprint density at radius 1 is 1.20 bits per heavy atom. The van der Waals surface area contributed by atoms with Crippen LogP contribution in [0.25, 0.3) is 28.0 Å². The number of pyridine rings is 2. The van der Waals surface area contributed by atoms with E-state index in [0.29, 0.717) is 35.4 Å². The Bertz CT molecular complexity index is 1910. The Balaban J connectivity index is 1.69. The van der Waals surface area contributed by atoms with Crippen LogP contribution in [0.4, 0.5) is 19.0 Å². The number of anilines is 1. The molecule has 3 aromatic heterocycles. The number of piperazine rings is 1. The third-order valence-electron chi connectivity index (χ3n) is 7.86. The number of nitrogens with zero attached hydrogens (tertiary/aromatic N) is 6. The van der Waals surface area contributed by atoms with Crippen molar-refractivity contribution in [3.8, 4) is 28.4 Å². The van der Waals surface area contributed by atoms with Crippen molar-refractivity contribution < 1.29 is 27.4 Å². The molecule has 6 rings (SSSR count). The zero-order valence-corrected chi connectivity index (χ0v) is 25.3. The molecule has 5 heterocycles. The fourth-order valence-corrected chi connectivity index (χ4v) is 6.14. The van der Waals surface area contributed by atoms with Crippen LogP contribution in [0.1, 0.15) is 31.0 Å². The first-order valence-electron chi connectivity index (χ1n) is 14.2. The molecule has 2 aliphatic heterocycles. The number of rotatable bonds is 5. The van der Waals surface area contributed by atoms with E-state index in [1.165, 1.54) is 28.8 Å². The monoisotopic (exact) mass is 640 g/mol. The van der Waals surface area contributed by atoms with Crippen LogP contribution in [0.5, 0.6) is 11.5 Å². The second-order valence-electron chi connectivity index (χ2n) is 11.1. The average molecular weight is 641 g/mol. The van der Waals surface area contributed by atoms with Gasteiger partial charge in [0.05, 0.1) is 23.1 Å². The van der Waals surface area contributed by atoms with E-state index in [4.69, 9.17) is 21.3 Å². The molecule has 1 atom stereocenters. The second kappa shape index (κ2) is 11.4. The maximum atomic E-state index is 14.1. The molecular formula is C31H28ClF3N6O4. The fraction of sp³-hybridized carbons (Fsp3) is 0.323. The lowest BCUT2D eigenvalue weighted by Crippen LogP contribution is -2.56. The molecule has 1 amide bonds. The Morgan fingerprint density at radius 2 is 1.96 bits per heavy atom. The number of carbonyl (C=O) groups is 1. The number of aromatic nitrogens is 4. The topological polar surface area (TPSA) is 103 Å². The summed E-state index contributed by atoms with van der Waals surface area (Å²) in [6, 6.07) is 6.79. The van der Waals surface area contributed by atoms with Crippen molar-refractivity contribution in [2.75, 3.05) is 31.1 Å². The molecule has 0 N–H and O–H groups in total. The summed E-state index contributed by atoms with van der Waals surface area (Å²) in [7, 11) is 0. The number of aryl methyl sites for hydroxylation is 1. The Morgan fingerprint density at radius 3 is 2.67 bits per heavy atom. The van der Waals surface area contributed by atoms with Crippen molar-refractivity contribution in [1.29, 1.82) is 0 Å². The molecule has 1 aromatic carbocycles. The van der Waals surface area contributed by atoms with Crippen LogP contribution in [-0.2, 0) is 4.79 Å².